The first-order chi connectivity index (χ1) is 6.97. The number of aromatic nitrogens is 1. The van der Waals surface area contributed by atoms with Gasteiger partial charge in [-0.2, -0.15) is 5.26 Å². The average Bonchev–Trinajstić information content (AvgIpc) is 2.15. The third kappa shape index (κ3) is 2.41. The lowest BCUT2D eigenvalue weighted by molar-refractivity contribution is 0.106. The Morgan fingerprint density at radius 1 is 1.60 bits per heavy atom. The lowest BCUT2D eigenvalue weighted by atomic mass is 10.2. The van der Waals surface area contributed by atoms with Gasteiger partial charge in [0.1, 0.15) is 17.5 Å². The molecule has 0 spiro atoms. The molecule has 0 N–H and O–H groups in total. The lowest BCUT2D eigenvalue weighted by Gasteiger charge is -2.06. The maximum absolute atomic E-state index is 12.4. The van der Waals surface area contributed by atoms with Gasteiger partial charge in [-0.25, -0.2) is 13.8 Å². The van der Waals surface area contributed by atoms with E-state index in [1.165, 1.54) is 0 Å². The highest BCUT2D eigenvalue weighted by atomic mass is 35.5. The van der Waals surface area contributed by atoms with Gasteiger partial charge in [0, 0.05) is 0 Å². The van der Waals surface area contributed by atoms with E-state index in [0.29, 0.717) is 0 Å². The van der Waals surface area contributed by atoms with E-state index in [1.54, 1.807) is 6.07 Å². The highest BCUT2D eigenvalue weighted by molar-refractivity contribution is 6.69. The fourth-order valence-electron chi connectivity index (χ4n) is 0.942. The molecular weight excluding hydrogens is 249 g/mol. The van der Waals surface area contributed by atoms with Crippen LogP contribution in [0.3, 0.4) is 0 Å². The number of alkyl halides is 2. The van der Waals surface area contributed by atoms with Crippen LogP contribution >= 0.6 is 23.2 Å². The summed E-state index contributed by atoms with van der Waals surface area (Å²) < 4.78 is 24.9. The van der Waals surface area contributed by atoms with Crippen LogP contribution in [0.4, 0.5) is 8.78 Å². The zero-order valence-corrected chi connectivity index (χ0v) is 8.48. The second-order valence-corrected chi connectivity index (χ2v) is 3.19. The summed E-state index contributed by atoms with van der Waals surface area (Å²) in [7, 11) is 0. The summed E-state index contributed by atoms with van der Waals surface area (Å²) in [6, 6.07) is 2.55. The second kappa shape index (κ2) is 4.51. The molecule has 0 aliphatic carbocycles. The minimum atomic E-state index is -3.02. The Labute approximate surface area is 93.2 Å². The molecule has 1 aromatic rings. The number of pyridine rings is 1. The topological polar surface area (TPSA) is 53.8 Å². The second-order valence-electron chi connectivity index (χ2n) is 2.44. The minimum Gasteiger partial charge on any atom is -0.275 e. The molecule has 0 bridgehead atoms. The van der Waals surface area contributed by atoms with Crippen molar-refractivity contribution in [1.82, 2.24) is 4.98 Å². The zero-order valence-electron chi connectivity index (χ0n) is 6.97. The van der Waals surface area contributed by atoms with E-state index in [1.807, 2.05) is 0 Å². The van der Waals surface area contributed by atoms with Crippen LogP contribution in [0.25, 0.3) is 0 Å². The molecule has 1 aromatic heterocycles. The van der Waals surface area contributed by atoms with Crippen LogP contribution in [-0.2, 0) is 0 Å². The van der Waals surface area contributed by atoms with Crippen molar-refractivity contribution in [2.75, 3.05) is 0 Å². The molecule has 0 saturated carbocycles. The molecule has 0 aliphatic rings. The summed E-state index contributed by atoms with van der Waals surface area (Å²) in [5.74, 6) is 0. The smallest absolute Gasteiger partial charge is 0.275 e. The highest BCUT2D eigenvalue weighted by Gasteiger charge is 2.23. The standard InChI is InChI=1S/C8H2Cl2F2N2O/c9-4-1-3(2-13)14-6(8(11)12)5(4)7(10)15/h1,8H. The third-order valence-electron chi connectivity index (χ3n) is 1.52. The number of carbonyl (C=O) groups is 1. The first-order valence-corrected chi connectivity index (χ1v) is 4.31. The largest absolute Gasteiger partial charge is 0.281 e. The van der Waals surface area contributed by atoms with Crippen molar-refractivity contribution in [3.8, 4) is 6.07 Å². The summed E-state index contributed by atoms with van der Waals surface area (Å²) in [5, 5.41) is 7.02. The number of carbonyl (C=O) groups excluding carboxylic acids is 1. The monoisotopic (exact) mass is 250 g/mol. The van der Waals surface area contributed by atoms with E-state index < -0.39 is 22.9 Å². The molecule has 0 aliphatic heterocycles. The Morgan fingerprint density at radius 2 is 2.20 bits per heavy atom. The Bertz CT molecular complexity index is 457. The summed E-state index contributed by atoms with van der Waals surface area (Å²) in [4.78, 5) is 14.1. The molecule has 0 radical (unpaired) electrons. The number of hydrogen-bond donors (Lipinski definition) is 0. The molecule has 15 heavy (non-hydrogen) atoms. The van der Waals surface area contributed by atoms with Crippen molar-refractivity contribution in [3.05, 3.63) is 28.0 Å². The van der Waals surface area contributed by atoms with Gasteiger partial charge in [-0.05, 0) is 17.7 Å². The molecule has 0 amide bonds. The predicted molar refractivity (Wildman–Crippen MR) is 49.1 cm³/mol. The molecule has 0 fully saturated rings. The summed E-state index contributed by atoms with van der Waals surface area (Å²) in [5.41, 5.74) is -1.73. The van der Waals surface area contributed by atoms with Gasteiger partial charge in [-0.1, -0.05) is 11.6 Å². The van der Waals surface area contributed by atoms with Gasteiger partial charge >= 0.3 is 0 Å². The third-order valence-corrected chi connectivity index (χ3v) is 2.00. The van der Waals surface area contributed by atoms with E-state index in [2.05, 4.69) is 4.98 Å². The number of hydrogen-bond acceptors (Lipinski definition) is 3. The van der Waals surface area contributed by atoms with Crippen LogP contribution in [-0.4, -0.2) is 10.2 Å². The molecule has 3 nitrogen and oxygen atoms in total. The first kappa shape index (κ1) is 11.8. The number of nitriles is 1. The Kier molecular flexibility index (Phi) is 3.56. The van der Waals surface area contributed by atoms with Crippen molar-refractivity contribution in [3.63, 3.8) is 0 Å². The number of nitrogens with zero attached hydrogens (tertiary/aromatic N) is 2. The predicted octanol–water partition coefficient (Wildman–Crippen LogP) is 2.92. The molecule has 0 unspecified atom stereocenters. The maximum Gasteiger partial charge on any atom is 0.281 e. The van der Waals surface area contributed by atoms with Gasteiger partial charge < -0.3 is 0 Å². The van der Waals surface area contributed by atoms with E-state index in [-0.39, 0.29) is 10.7 Å². The summed E-state index contributed by atoms with van der Waals surface area (Å²) in [6.45, 7) is 0. The summed E-state index contributed by atoms with van der Waals surface area (Å²) >= 11 is 10.6. The van der Waals surface area contributed by atoms with Crippen LogP contribution in [0, 0.1) is 11.3 Å². The van der Waals surface area contributed by atoms with Crippen LogP contribution < -0.4 is 0 Å². The van der Waals surface area contributed by atoms with Gasteiger partial charge in [0.05, 0.1) is 10.6 Å². The van der Waals surface area contributed by atoms with Crippen molar-refractivity contribution >= 4 is 28.4 Å². The van der Waals surface area contributed by atoms with Crippen molar-refractivity contribution in [2.45, 2.75) is 6.43 Å². The average molecular weight is 251 g/mol. The van der Waals surface area contributed by atoms with Crippen molar-refractivity contribution in [2.24, 2.45) is 0 Å². The zero-order chi connectivity index (χ0) is 11.6. The van der Waals surface area contributed by atoms with Crippen molar-refractivity contribution in [1.29, 1.82) is 5.26 Å². The van der Waals surface area contributed by atoms with E-state index in [0.717, 1.165) is 6.07 Å². The quantitative estimate of drug-likeness (QED) is 0.759. The van der Waals surface area contributed by atoms with Crippen LogP contribution in [0.2, 0.25) is 5.02 Å². The Hall–Kier alpha value is -1.25. The molecule has 0 aromatic carbocycles. The summed E-state index contributed by atoms with van der Waals surface area (Å²) in [6.07, 6.45) is -3.02. The SMILES string of the molecule is N#Cc1cc(Cl)c(C(=O)Cl)c(C(F)F)n1. The number of halogens is 4. The molecular formula is C8H2Cl2F2N2O. The Balaban J connectivity index is 3.51. The van der Waals surface area contributed by atoms with Gasteiger partial charge in [-0.15, -0.1) is 0 Å². The van der Waals surface area contributed by atoms with Gasteiger partial charge in [-0.3, -0.25) is 4.79 Å². The lowest BCUT2D eigenvalue weighted by Crippen LogP contribution is -2.04. The van der Waals surface area contributed by atoms with Gasteiger partial charge in [0.15, 0.2) is 0 Å². The van der Waals surface area contributed by atoms with Crippen LogP contribution in [0.5, 0.6) is 0 Å². The van der Waals surface area contributed by atoms with Gasteiger partial charge in [0.2, 0.25) is 0 Å². The molecule has 1 rings (SSSR count). The fourth-order valence-corrected chi connectivity index (χ4v) is 1.48. The van der Waals surface area contributed by atoms with Gasteiger partial charge in [0.25, 0.3) is 11.7 Å². The Morgan fingerprint density at radius 3 is 2.60 bits per heavy atom. The number of rotatable bonds is 2. The highest BCUT2D eigenvalue weighted by Crippen LogP contribution is 2.28. The van der Waals surface area contributed by atoms with Crippen LogP contribution in [0.15, 0.2) is 6.07 Å². The molecule has 0 atom stereocenters. The van der Waals surface area contributed by atoms with E-state index in [9.17, 15) is 13.6 Å². The van der Waals surface area contributed by atoms with Crippen molar-refractivity contribution < 1.29 is 13.6 Å². The maximum atomic E-state index is 12.4. The molecule has 7 heteroatoms. The molecule has 0 saturated heterocycles. The normalized spacial score (nSPS) is 10.1. The fraction of sp³-hybridized carbons (Fsp3) is 0.125. The first-order valence-electron chi connectivity index (χ1n) is 3.56. The van der Waals surface area contributed by atoms with Crippen LogP contribution in [0.1, 0.15) is 28.2 Å². The minimum absolute atomic E-state index is 0.294. The van der Waals surface area contributed by atoms with E-state index in [4.69, 9.17) is 28.5 Å². The molecule has 1 heterocycles. The molecule has 78 valence electrons. The van der Waals surface area contributed by atoms with E-state index >= 15 is 0 Å².